The van der Waals surface area contributed by atoms with Crippen molar-refractivity contribution in [3.05, 3.63) is 83.2 Å². The van der Waals surface area contributed by atoms with Gasteiger partial charge in [-0.15, -0.1) is 0 Å². The predicted octanol–water partition coefficient (Wildman–Crippen LogP) is 5.01. The summed E-state index contributed by atoms with van der Waals surface area (Å²) in [7, 11) is 3.40. The Kier molecular flexibility index (Phi) is 7.24. The summed E-state index contributed by atoms with van der Waals surface area (Å²) in [6.07, 6.45) is -4.47. The lowest BCUT2D eigenvalue weighted by molar-refractivity contribution is -0.137. The van der Waals surface area contributed by atoms with Crippen LogP contribution < -0.4 is 15.0 Å². The van der Waals surface area contributed by atoms with Gasteiger partial charge in [0.15, 0.2) is 0 Å². The Morgan fingerprint density at radius 2 is 1.70 bits per heavy atom. The van der Waals surface area contributed by atoms with Gasteiger partial charge in [-0.25, -0.2) is 4.98 Å². The number of piperazine rings is 1. The first-order valence-electron chi connectivity index (χ1n) is 12.7. The summed E-state index contributed by atoms with van der Waals surface area (Å²) >= 11 is 0. The summed E-state index contributed by atoms with van der Waals surface area (Å²) in [5.74, 6) is 0.371. The first-order chi connectivity index (χ1) is 19.0. The highest BCUT2D eigenvalue weighted by molar-refractivity contribution is 6.06. The van der Waals surface area contributed by atoms with Crippen LogP contribution in [0.15, 0.2) is 60.7 Å². The molecule has 2 aromatic carbocycles. The second-order valence-corrected chi connectivity index (χ2v) is 9.65. The van der Waals surface area contributed by atoms with Crippen LogP contribution in [0.5, 0.6) is 11.6 Å². The van der Waals surface area contributed by atoms with Gasteiger partial charge in [-0.05, 0) is 61.5 Å². The van der Waals surface area contributed by atoms with Gasteiger partial charge in [0.1, 0.15) is 11.4 Å². The highest BCUT2D eigenvalue weighted by atomic mass is 19.4. The first-order valence-corrected chi connectivity index (χ1v) is 12.7. The number of halogens is 3. The zero-order valence-corrected chi connectivity index (χ0v) is 22.2. The molecule has 3 heterocycles. The molecule has 0 saturated carbocycles. The number of pyridine rings is 1. The van der Waals surface area contributed by atoms with Crippen molar-refractivity contribution in [2.24, 2.45) is 7.05 Å². The molecule has 0 unspecified atom stereocenters. The summed E-state index contributed by atoms with van der Waals surface area (Å²) in [4.78, 5) is 33.6. The molecule has 5 rings (SSSR count). The van der Waals surface area contributed by atoms with Crippen molar-refractivity contribution in [2.75, 3.05) is 38.1 Å². The molecule has 1 N–H and O–H groups in total. The van der Waals surface area contributed by atoms with Crippen LogP contribution in [0, 0.1) is 6.92 Å². The van der Waals surface area contributed by atoms with Gasteiger partial charge < -0.3 is 24.4 Å². The lowest BCUT2D eigenvalue weighted by Gasteiger charge is -2.27. The Labute approximate surface area is 229 Å². The molecule has 0 atom stereocenters. The maximum atomic E-state index is 13.0. The maximum Gasteiger partial charge on any atom is 0.416 e. The average molecular weight is 552 g/mol. The predicted molar refractivity (Wildman–Crippen MR) is 145 cm³/mol. The van der Waals surface area contributed by atoms with Crippen molar-refractivity contribution < 1.29 is 27.5 Å². The standard InChI is InChI=1S/C29H28F3N5O3/c1-18-23(36(3)27(38)19-4-6-21(7-5-19)29(30,31)32)10-11-26(34-18)40-22-8-9-24-20(16-22)17-25(35(24)2)28(39)37-14-12-33-13-15-37/h4-11,16-17,33H,12-15H2,1-3H3. The third-order valence-electron chi connectivity index (χ3n) is 7.02. The van der Waals surface area contributed by atoms with E-state index < -0.39 is 17.6 Å². The second-order valence-electron chi connectivity index (χ2n) is 9.65. The molecule has 0 spiro atoms. The fourth-order valence-electron chi connectivity index (χ4n) is 4.79. The Morgan fingerprint density at radius 3 is 2.35 bits per heavy atom. The summed E-state index contributed by atoms with van der Waals surface area (Å²) < 4.78 is 46.4. The van der Waals surface area contributed by atoms with Gasteiger partial charge in [-0.1, -0.05) is 0 Å². The minimum Gasteiger partial charge on any atom is -0.439 e. The number of benzene rings is 2. The quantitative estimate of drug-likeness (QED) is 0.377. The van der Waals surface area contributed by atoms with E-state index >= 15 is 0 Å². The molecule has 2 aromatic heterocycles. The summed E-state index contributed by atoms with van der Waals surface area (Å²) in [5.41, 5.74) is 1.81. The number of rotatable bonds is 5. The third kappa shape index (κ3) is 5.37. The molecule has 208 valence electrons. The Balaban J connectivity index is 1.31. The fourth-order valence-corrected chi connectivity index (χ4v) is 4.79. The van der Waals surface area contributed by atoms with E-state index in [1.54, 1.807) is 25.1 Å². The molecule has 0 bridgehead atoms. The number of alkyl halides is 3. The number of fused-ring (bicyclic) bond motifs is 1. The van der Waals surface area contributed by atoms with Crippen LogP contribution >= 0.6 is 0 Å². The van der Waals surface area contributed by atoms with Crippen molar-refractivity contribution in [3.8, 4) is 11.6 Å². The molecule has 4 aromatic rings. The minimum atomic E-state index is -4.47. The van der Waals surface area contributed by atoms with E-state index in [0.29, 0.717) is 41.8 Å². The summed E-state index contributed by atoms with van der Waals surface area (Å²) in [6, 6.07) is 14.8. The summed E-state index contributed by atoms with van der Waals surface area (Å²) in [6.45, 7) is 4.60. The minimum absolute atomic E-state index is 0.00879. The number of hydrogen-bond donors (Lipinski definition) is 1. The monoisotopic (exact) mass is 551 g/mol. The number of nitrogens with one attached hydrogen (secondary N) is 1. The topological polar surface area (TPSA) is 79.7 Å². The highest BCUT2D eigenvalue weighted by Gasteiger charge is 2.30. The lowest BCUT2D eigenvalue weighted by atomic mass is 10.1. The van der Waals surface area contributed by atoms with Crippen molar-refractivity contribution in [1.82, 2.24) is 19.8 Å². The SMILES string of the molecule is Cc1nc(Oc2ccc3c(c2)cc(C(=O)N2CCNCC2)n3C)ccc1N(C)C(=O)c1ccc(C(F)(F)F)cc1. The van der Waals surface area contributed by atoms with Crippen molar-refractivity contribution in [2.45, 2.75) is 13.1 Å². The van der Waals surface area contributed by atoms with Crippen LogP contribution in [-0.4, -0.2) is 59.5 Å². The van der Waals surface area contributed by atoms with Gasteiger partial charge in [0.05, 0.1) is 16.9 Å². The first kappa shape index (κ1) is 27.2. The molecule has 1 fully saturated rings. The summed E-state index contributed by atoms with van der Waals surface area (Å²) in [5, 5.41) is 4.10. The van der Waals surface area contributed by atoms with Crippen molar-refractivity contribution >= 4 is 28.4 Å². The van der Waals surface area contributed by atoms with E-state index in [9.17, 15) is 22.8 Å². The third-order valence-corrected chi connectivity index (χ3v) is 7.02. The number of hydrogen-bond acceptors (Lipinski definition) is 5. The van der Waals surface area contributed by atoms with Gasteiger partial charge in [0.25, 0.3) is 11.8 Å². The van der Waals surface area contributed by atoms with Crippen LogP contribution in [-0.2, 0) is 13.2 Å². The van der Waals surface area contributed by atoms with Crippen molar-refractivity contribution in [3.63, 3.8) is 0 Å². The van der Waals surface area contributed by atoms with Gasteiger partial charge in [-0.3, -0.25) is 9.59 Å². The Hall–Kier alpha value is -4.38. The smallest absolute Gasteiger partial charge is 0.416 e. The molecular weight excluding hydrogens is 523 g/mol. The zero-order valence-electron chi connectivity index (χ0n) is 22.2. The molecule has 40 heavy (non-hydrogen) atoms. The Morgan fingerprint density at radius 1 is 1.00 bits per heavy atom. The second kappa shape index (κ2) is 10.6. The fraction of sp³-hybridized carbons (Fsp3) is 0.276. The van der Waals surface area contributed by atoms with E-state index in [-0.39, 0.29) is 11.5 Å². The molecule has 1 saturated heterocycles. The van der Waals surface area contributed by atoms with Crippen molar-refractivity contribution in [1.29, 1.82) is 0 Å². The van der Waals surface area contributed by atoms with Gasteiger partial charge >= 0.3 is 6.18 Å². The van der Waals surface area contributed by atoms with E-state index in [0.717, 1.165) is 48.3 Å². The molecule has 0 radical (unpaired) electrons. The number of aryl methyl sites for hydroxylation is 2. The number of ether oxygens (including phenoxy) is 1. The Bertz CT molecular complexity index is 1570. The largest absolute Gasteiger partial charge is 0.439 e. The molecule has 8 nitrogen and oxygen atoms in total. The highest BCUT2D eigenvalue weighted by Crippen LogP contribution is 2.31. The van der Waals surface area contributed by atoms with Crippen LogP contribution in [0.2, 0.25) is 0 Å². The molecule has 1 aliphatic heterocycles. The van der Waals surface area contributed by atoms with Crippen LogP contribution in [0.3, 0.4) is 0 Å². The van der Waals surface area contributed by atoms with Gasteiger partial charge in [0.2, 0.25) is 5.88 Å². The molecule has 2 amide bonds. The number of aromatic nitrogens is 2. The van der Waals surface area contributed by atoms with Crippen LogP contribution in [0.1, 0.15) is 32.1 Å². The van der Waals surface area contributed by atoms with E-state index in [1.165, 1.54) is 11.9 Å². The molecular formula is C29H28F3N5O3. The number of carbonyl (C=O) groups is 2. The lowest BCUT2D eigenvalue weighted by Crippen LogP contribution is -2.46. The van der Waals surface area contributed by atoms with E-state index in [2.05, 4.69) is 10.3 Å². The number of amides is 2. The number of carbonyl (C=O) groups excluding carboxylic acids is 2. The van der Waals surface area contributed by atoms with Crippen LogP contribution in [0.4, 0.5) is 18.9 Å². The van der Waals surface area contributed by atoms with Gasteiger partial charge in [0, 0.05) is 62.8 Å². The van der Waals surface area contributed by atoms with E-state index in [1.807, 2.05) is 34.7 Å². The van der Waals surface area contributed by atoms with Gasteiger partial charge in [-0.2, -0.15) is 13.2 Å². The maximum absolute atomic E-state index is 13.0. The van der Waals surface area contributed by atoms with E-state index in [4.69, 9.17) is 4.74 Å². The number of nitrogens with zero attached hydrogens (tertiary/aromatic N) is 4. The average Bonchev–Trinajstić information content (AvgIpc) is 3.27. The molecule has 11 heteroatoms. The molecule has 1 aliphatic rings. The number of anilines is 1. The normalized spacial score (nSPS) is 13.9. The molecule has 0 aliphatic carbocycles. The zero-order chi connectivity index (χ0) is 28.6. The van der Waals surface area contributed by atoms with Crippen LogP contribution in [0.25, 0.3) is 10.9 Å².